The Morgan fingerprint density at radius 1 is 1.33 bits per heavy atom. The lowest BCUT2D eigenvalue weighted by atomic mass is 10.6. The van der Waals surface area contributed by atoms with Crippen molar-refractivity contribution in [3.05, 3.63) is 0 Å². The van der Waals surface area contributed by atoms with Crippen LogP contribution in [0.2, 0.25) is 0 Å². The Bertz CT molecular complexity index is 250. The van der Waals surface area contributed by atoms with Crippen LogP contribution in [-0.4, -0.2) is 48.8 Å². The Morgan fingerprint density at radius 3 is 2.25 bits per heavy atom. The molecule has 0 unspecified atom stereocenters. The van der Waals surface area contributed by atoms with Gasteiger partial charge in [-0.1, -0.05) is 0 Å². The Balaban J connectivity index is 2.51. The van der Waals surface area contributed by atoms with Gasteiger partial charge in [0.2, 0.25) is 6.41 Å². The minimum absolute atomic E-state index is 0.0951. The van der Waals surface area contributed by atoms with E-state index in [-0.39, 0.29) is 11.5 Å². The van der Waals surface area contributed by atoms with E-state index in [2.05, 4.69) is 12.8 Å². The maximum absolute atomic E-state index is 10.9. The third-order valence-electron chi connectivity index (χ3n) is 1.70. The minimum atomic E-state index is -2.88. The van der Waals surface area contributed by atoms with Gasteiger partial charge in [-0.3, -0.25) is 4.79 Å². The van der Waals surface area contributed by atoms with Crippen LogP contribution in [-0.2, 0) is 14.6 Å². The van der Waals surface area contributed by atoms with Gasteiger partial charge in [-0.15, -0.1) is 0 Å². The fourth-order valence-electron chi connectivity index (χ4n) is 0.974. The Hall–Kier alpha value is -0.270. The number of rotatable bonds is 2. The lowest BCUT2D eigenvalue weighted by Crippen LogP contribution is -2.46. The summed E-state index contributed by atoms with van der Waals surface area (Å²) in [5.41, 5.74) is 0. The number of hydrazine groups is 1. The van der Waals surface area contributed by atoms with E-state index in [1.54, 1.807) is 5.01 Å². The molecule has 1 amide bonds. The van der Waals surface area contributed by atoms with Gasteiger partial charge in [0.15, 0.2) is 9.84 Å². The number of thiol groups is 1. The van der Waals surface area contributed by atoms with Crippen LogP contribution in [0.15, 0.2) is 0 Å². The summed E-state index contributed by atoms with van der Waals surface area (Å²) < 4.78 is 23.0. The van der Waals surface area contributed by atoms with Crippen molar-refractivity contribution >= 4 is 29.1 Å². The lowest BCUT2D eigenvalue weighted by molar-refractivity contribution is -0.122. The average Bonchev–Trinajstić information content (AvgIpc) is 2.03. The van der Waals surface area contributed by atoms with E-state index in [9.17, 15) is 13.2 Å². The highest BCUT2D eigenvalue weighted by atomic mass is 32.2. The summed E-state index contributed by atoms with van der Waals surface area (Å²) >= 11 is 3.83. The molecule has 0 aromatic heterocycles. The van der Waals surface area contributed by atoms with Crippen molar-refractivity contribution in [2.24, 2.45) is 0 Å². The van der Waals surface area contributed by atoms with E-state index in [1.807, 2.05) is 0 Å². The van der Waals surface area contributed by atoms with Crippen LogP contribution in [0.25, 0.3) is 0 Å². The van der Waals surface area contributed by atoms with E-state index in [0.29, 0.717) is 19.5 Å². The number of sulfone groups is 1. The van der Waals surface area contributed by atoms with Crippen molar-refractivity contribution in [2.75, 3.05) is 24.6 Å². The third-order valence-corrected chi connectivity index (χ3v) is 3.66. The first-order valence-corrected chi connectivity index (χ1v) is 5.66. The number of carbonyl (C=O) groups excluding carboxylic acids is 1. The van der Waals surface area contributed by atoms with Crippen LogP contribution in [0, 0.1) is 0 Å². The van der Waals surface area contributed by atoms with Crippen LogP contribution in [0.5, 0.6) is 0 Å². The van der Waals surface area contributed by atoms with Gasteiger partial charge in [0.05, 0.1) is 11.5 Å². The Morgan fingerprint density at radius 2 is 1.83 bits per heavy atom. The number of hydrogen-bond acceptors (Lipinski definition) is 5. The molecule has 0 saturated carbocycles. The topological polar surface area (TPSA) is 57.7 Å². The van der Waals surface area contributed by atoms with E-state index in [1.165, 1.54) is 0 Å². The molecule has 5 nitrogen and oxygen atoms in total. The second kappa shape index (κ2) is 3.63. The van der Waals surface area contributed by atoms with Gasteiger partial charge < -0.3 is 0 Å². The van der Waals surface area contributed by atoms with Crippen molar-refractivity contribution in [2.45, 2.75) is 0 Å². The van der Waals surface area contributed by atoms with E-state index in [0.717, 1.165) is 4.41 Å². The highest BCUT2D eigenvalue weighted by molar-refractivity contribution is 7.91. The average molecular weight is 210 g/mol. The van der Waals surface area contributed by atoms with Crippen molar-refractivity contribution in [1.29, 1.82) is 0 Å². The molecule has 7 heteroatoms. The molecule has 1 aliphatic heterocycles. The molecule has 0 aromatic rings. The zero-order valence-electron chi connectivity index (χ0n) is 6.38. The van der Waals surface area contributed by atoms with Crippen LogP contribution in [0.3, 0.4) is 0 Å². The third kappa shape index (κ3) is 2.36. The zero-order chi connectivity index (χ0) is 9.19. The van der Waals surface area contributed by atoms with E-state index < -0.39 is 9.84 Å². The molecule has 0 radical (unpaired) electrons. The summed E-state index contributed by atoms with van der Waals surface area (Å²) in [4.78, 5) is 10.2. The largest absolute Gasteiger partial charge is 0.276 e. The first-order valence-electron chi connectivity index (χ1n) is 3.44. The molecule has 1 heterocycles. The van der Waals surface area contributed by atoms with Crippen LogP contribution in [0.4, 0.5) is 0 Å². The number of nitrogens with zero attached hydrogens (tertiary/aromatic N) is 2. The predicted molar refractivity (Wildman–Crippen MR) is 47.1 cm³/mol. The molecule has 0 aliphatic carbocycles. The van der Waals surface area contributed by atoms with Gasteiger partial charge in [0, 0.05) is 13.1 Å². The normalized spacial score (nSPS) is 23.4. The fraction of sp³-hybridized carbons (Fsp3) is 0.800. The van der Waals surface area contributed by atoms with Gasteiger partial charge in [-0.2, -0.15) is 0 Å². The molecule has 0 N–H and O–H groups in total. The molecular weight excluding hydrogens is 200 g/mol. The fourth-order valence-corrected chi connectivity index (χ4v) is 2.34. The second-order valence-electron chi connectivity index (χ2n) is 2.53. The lowest BCUT2D eigenvalue weighted by Gasteiger charge is -2.30. The number of carbonyl (C=O) groups is 1. The SMILES string of the molecule is O=CN(S)N1CCS(=O)(=O)CC1. The summed E-state index contributed by atoms with van der Waals surface area (Å²) in [7, 11) is -2.88. The van der Waals surface area contributed by atoms with Gasteiger partial charge in [0.1, 0.15) is 0 Å². The minimum Gasteiger partial charge on any atom is -0.276 e. The molecular formula is C5H10N2O3S2. The Kier molecular flexibility index (Phi) is 2.97. The Labute approximate surface area is 76.8 Å². The quantitative estimate of drug-likeness (QED) is 0.466. The maximum Gasteiger partial charge on any atom is 0.234 e. The van der Waals surface area contributed by atoms with E-state index in [4.69, 9.17) is 0 Å². The molecule has 1 fully saturated rings. The van der Waals surface area contributed by atoms with Gasteiger partial charge in [-0.25, -0.2) is 17.8 Å². The standard InChI is InChI=1S/C5H10N2O3S2/c8-5-7(11)6-1-3-12(9,10)4-2-6/h5,11H,1-4H2. The summed E-state index contributed by atoms with van der Waals surface area (Å²) in [6.45, 7) is 0.676. The smallest absolute Gasteiger partial charge is 0.234 e. The van der Waals surface area contributed by atoms with Crippen molar-refractivity contribution in [3.63, 3.8) is 0 Å². The number of hydrogen-bond donors (Lipinski definition) is 1. The molecule has 1 saturated heterocycles. The first kappa shape index (κ1) is 9.82. The maximum atomic E-state index is 10.9. The summed E-state index contributed by atoms with van der Waals surface area (Å²) in [6, 6.07) is 0. The van der Waals surface area contributed by atoms with Crippen molar-refractivity contribution < 1.29 is 13.2 Å². The predicted octanol–water partition coefficient (Wildman–Crippen LogP) is -1.06. The summed E-state index contributed by atoms with van der Waals surface area (Å²) in [5.74, 6) is 0.190. The van der Waals surface area contributed by atoms with Crippen LogP contribution in [0.1, 0.15) is 0 Å². The van der Waals surface area contributed by atoms with Gasteiger partial charge in [-0.05, 0) is 12.8 Å². The number of amides is 1. The monoisotopic (exact) mass is 210 g/mol. The van der Waals surface area contributed by atoms with Crippen molar-refractivity contribution in [1.82, 2.24) is 9.42 Å². The highest BCUT2D eigenvalue weighted by Crippen LogP contribution is 2.06. The van der Waals surface area contributed by atoms with Gasteiger partial charge >= 0.3 is 0 Å². The highest BCUT2D eigenvalue weighted by Gasteiger charge is 2.23. The first-order chi connectivity index (χ1) is 5.55. The van der Waals surface area contributed by atoms with Crippen LogP contribution >= 0.6 is 12.8 Å². The molecule has 1 aliphatic rings. The summed E-state index contributed by atoms with van der Waals surface area (Å²) in [5, 5.41) is 1.58. The molecule has 70 valence electrons. The molecule has 12 heavy (non-hydrogen) atoms. The molecule has 1 rings (SSSR count). The van der Waals surface area contributed by atoms with Gasteiger partial charge in [0.25, 0.3) is 0 Å². The van der Waals surface area contributed by atoms with E-state index >= 15 is 0 Å². The molecule has 0 atom stereocenters. The van der Waals surface area contributed by atoms with Crippen LogP contribution < -0.4 is 0 Å². The summed E-state index contributed by atoms with van der Waals surface area (Å²) in [6.07, 6.45) is 0.543. The van der Waals surface area contributed by atoms with Crippen molar-refractivity contribution in [3.8, 4) is 0 Å². The molecule has 0 bridgehead atoms. The molecule has 0 spiro atoms. The molecule has 0 aromatic carbocycles. The second-order valence-corrected chi connectivity index (χ2v) is 5.24. The zero-order valence-corrected chi connectivity index (χ0v) is 8.09.